The predicted molar refractivity (Wildman–Crippen MR) is 58.6 cm³/mol. The maximum absolute atomic E-state index is 11.4. The first-order valence-electron chi connectivity index (χ1n) is 4.95. The second kappa shape index (κ2) is 6.24. The molecule has 6 nitrogen and oxygen atoms in total. The molecular formula is C10H16N2O4. The van der Waals surface area contributed by atoms with Crippen LogP contribution in [0.2, 0.25) is 0 Å². The molecule has 0 aliphatic heterocycles. The van der Waals surface area contributed by atoms with Crippen LogP contribution in [0.4, 0.5) is 0 Å². The van der Waals surface area contributed by atoms with E-state index in [9.17, 15) is 9.59 Å². The number of hydrogen-bond donors (Lipinski definition) is 1. The first-order valence-corrected chi connectivity index (χ1v) is 4.95. The molecule has 0 amide bonds. The summed E-state index contributed by atoms with van der Waals surface area (Å²) in [4.78, 5) is 24.5. The van der Waals surface area contributed by atoms with E-state index >= 15 is 0 Å². The zero-order valence-corrected chi connectivity index (χ0v) is 9.43. The standard InChI is InChI=1S/C10H16N2O4/c1-15-6-8(7-16-2)5-12-4-3-9(13)11-10(12)14/h3-4,8H,5-7H2,1-2H3,(H,11,13,14). The van der Waals surface area contributed by atoms with Gasteiger partial charge in [0.25, 0.3) is 5.56 Å². The minimum absolute atomic E-state index is 0.0820. The molecule has 0 radical (unpaired) electrons. The van der Waals surface area contributed by atoms with Crippen LogP contribution < -0.4 is 11.2 Å². The van der Waals surface area contributed by atoms with Gasteiger partial charge >= 0.3 is 5.69 Å². The van der Waals surface area contributed by atoms with Crippen molar-refractivity contribution in [2.45, 2.75) is 6.54 Å². The number of H-pyrrole nitrogens is 1. The van der Waals surface area contributed by atoms with Crippen LogP contribution in [0.3, 0.4) is 0 Å². The Morgan fingerprint density at radius 2 is 1.94 bits per heavy atom. The van der Waals surface area contributed by atoms with Crippen LogP contribution in [-0.2, 0) is 16.0 Å². The van der Waals surface area contributed by atoms with E-state index in [4.69, 9.17) is 9.47 Å². The Balaban J connectivity index is 2.76. The van der Waals surface area contributed by atoms with Gasteiger partial charge in [0.2, 0.25) is 0 Å². The molecule has 1 heterocycles. The van der Waals surface area contributed by atoms with Gasteiger partial charge in [-0.1, -0.05) is 0 Å². The molecule has 0 atom stereocenters. The van der Waals surface area contributed by atoms with Gasteiger partial charge < -0.3 is 14.0 Å². The van der Waals surface area contributed by atoms with Crippen molar-refractivity contribution in [1.82, 2.24) is 9.55 Å². The average Bonchev–Trinajstić information content (AvgIpc) is 2.23. The van der Waals surface area contributed by atoms with Crippen molar-refractivity contribution in [3.63, 3.8) is 0 Å². The zero-order chi connectivity index (χ0) is 12.0. The van der Waals surface area contributed by atoms with Crippen LogP contribution in [-0.4, -0.2) is 37.0 Å². The molecule has 1 rings (SSSR count). The lowest BCUT2D eigenvalue weighted by atomic mass is 10.2. The smallest absolute Gasteiger partial charge is 0.328 e. The van der Waals surface area contributed by atoms with Crippen LogP contribution in [0.25, 0.3) is 0 Å². The lowest BCUT2D eigenvalue weighted by Crippen LogP contribution is -2.32. The summed E-state index contributed by atoms with van der Waals surface area (Å²) in [6, 6.07) is 1.32. The highest BCUT2D eigenvalue weighted by molar-refractivity contribution is 4.83. The third kappa shape index (κ3) is 3.63. The summed E-state index contributed by atoms with van der Waals surface area (Å²) in [5.41, 5.74) is -0.805. The Labute approximate surface area is 92.8 Å². The molecule has 0 aliphatic carbocycles. The molecule has 90 valence electrons. The number of ether oxygens (including phenoxy) is 2. The molecule has 0 bridgehead atoms. The van der Waals surface area contributed by atoms with Crippen molar-refractivity contribution in [2.24, 2.45) is 5.92 Å². The molecule has 0 aromatic carbocycles. The number of nitrogens with zero attached hydrogens (tertiary/aromatic N) is 1. The van der Waals surface area contributed by atoms with Gasteiger partial charge in [-0.25, -0.2) is 4.79 Å². The summed E-state index contributed by atoms with van der Waals surface area (Å²) in [6.45, 7) is 1.45. The van der Waals surface area contributed by atoms with Gasteiger partial charge in [-0.05, 0) is 0 Å². The summed E-state index contributed by atoms with van der Waals surface area (Å²) in [7, 11) is 3.19. The summed E-state index contributed by atoms with van der Waals surface area (Å²) in [5.74, 6) is 0.0820. The van der Waals surface area contributed by atoms with Crippen LogP contribution in [0.15, 0.2) is 21.9 Å². The molecule has 0 saturated heterocycles. The highest BCUT2D eigenvalue weighted by atomic mass is 16.5. The second-order valence-corrected chi connectivity index (χ2v) is 3.54. The summed E-state index contributed by atoms with van der Waals surface area (Å²) in [6.07, 6.45) is 1.47. The summed E-state index contributed by atoms with van der Waals surface area (Å²) in [5, 5.41) is 0. The van der Waals surface area contributed by atoms with Crippen molar-refractivity contribution < 1.29 is 9.47 Å². The molecular weight excluding hydrogens is 212 g/mol. The van der Waals surface area contributed by atoms with E-state index in [0.717, 1.165) is 0 Å². The van der Waals surface area contributed by atoms with Gasteiger partial charge in [-0.3, -0.25) is 9.78 Å². The highest BCUT2D eigenvalue weighted by Gasteiger charge is 2.10. The van der Waals surface area contributed by atoms with E-state index in [0.29, 0.717) is 19.8 Å². The van der Waals surface area contributed by atoms with E-state index in [2.05, 4.69) is 4.98 Å². The fourth-order valence-electron chi connectivity index (χ4n) is 1.49. The normalized spacial score (nSPS) is 10.9. The molecule has 0 fully saturated rings. The monoisotopic (exact) mass is 228 g/mol. The molecule has 1 aromatic heterocycles. The van der Waals surface area contributed by atoms with Crippen molar-refractivity contribution in [3.8, 4) is 0 Å². The lowest BCUT2D eigenvalue weighted by Gasteiger charge is -2.15. The van der Waals surface area contributed by atoms with Crippen LogP contribution in [0.1, 0.15) is 0 Å². The fourth-order valence-corrected chi connectivity index (χ4v) is 1.49. The van der Waals surface area contributed by atoms with Crippen molar-refractivity contribution in [3.05, 3.63) is 33.1 Å². The van der Waals surface area contributed by atoms with Gasteiger partial charge in [0.15, 0.2) is 0 Å². The summed E-state index contributed by atoms with van der Waals surface area (Å²) >= 11 is 0. The molecule has 0 unspecified atom stereocenters. The van der Waals surface area contributed by atoms with E-state index in [1.807, 2.05) is 0 Å². The Morgan fingerprint density at radius 3 is 2.44 bits per heavy atom. The number of aromatic amines is 1. The Bertz CT molecular complexity index is 417. The van der Waals surface area contributed by atoms with Crippen LogP contribution in [0.5, 0.6) is 0 Å². The van der Waals surface area contributed by atoms with Crippen molar-refractivity contribution >= 4 is 0 Å². The van der Waals surface area contributed by atoms with E-state index in [1.165, 1.54) is 16.8 Å². The van der Waals surface area contributed by atoms with Gasteiger partial charge in [-0.2, -0.15) is 0 Å². The first kappa shape index (κ1) is 12.7. The fraction of sp³-hybridized carbons (Fsp3) is 0.600. The SMILES string of the molecule is COCC(COC)Cn1ccc(=O)[nH]c1=O. The molecule has 0 saturated carbocycles. The third-order valence-corrected chi connectivity index (χ3v) is 2.16. The lowest BCUT2D eigenvalue weighted by molar-refractivity contribution is 0.0754. The second-order valence-electron chi connectivity index (χ2n) is 3.54. The third-order valence-electron chi connectivity index (χ3n) is 2.16. The molecule has 16 heavy (non-hydrogen) atoms. The number of methoxy groups -OCH3 is 2. The number of rotatable bonds is 6. The Morgan fingerprint density at radius 1 is 1.31 bits per heavy atom. The topological polar surface area (TPSA) is 73.3 Å². The largest absolute Gasteiger partial charge is 0.384 e. The molecule has 6 heteroatoms. The number of nitrogens with one attached hydrogen (secondary N) is 1. The van der Waals surface area contributed by atoms with Crippen molar-refractivity contribution in [2.75, 3.05) is 27.4 Å². The van der Waals surface area contributed by atoms with Gasteiger partial charge in [0, 0.05) is 38.9 Å². The van der Waals surface area contributed by atoms with Crippen LogP contribution in [0, 0.1) is 5.92 Å². The average molecular weight is 228 g/mol. The maximum atomic E-state index is 11.4. The van der Waals surface area contributed by atoms with E-state index in [-0.39, 0.29) is 5.92 Å². The minimum Gasteiger partial charge on any atom is -0.384 e. The quantitative estimate of drug-likeness (QED) is 0.708. The van der Waals surface area contributed by atoms with Crippen LogP contribution >= 0.6 is 0 Å². The molecule has 1 N–H and O–H groups in total. The number of hydrogen-bond acceptors (Lipinski definition) is 4. The number of aromatic nitrogens is 2. The summed E-state index contributed by atoms with van der Waals surface area (Å²) < 4.78 is 11.5. The van der Waals surface area contributed by atoms with Gasteiger partial charge in [-0.15, -0.1) is 0 Å². The van der Waals surface area contributed by atoms with Gasteiger partial charge in [0.05, 0.1) is 13.2 Å². The Kier molecular flexibility index (Phi) is 4.94. The Hall–Kier alpha value is -1.40. The predicted octanol–water partition coefficient (Wildman–Crippen LogP) is -0.554. The first-order chi connectivity index (χ1) is 7.67. The minimum atomic E-state index is -0.412. The highest BCUT2D eigenvalue weighted by Crippen LogP contribution is 2.00. The van der Waals surface area contributed by atoms with Gasteiger partial charge in [0.1, 0.15) is 0 Å². The van der Waals surface area contributed by atoms with Crippen molar-refractivity contribution in [1.29, 1.82) is 0 Å². The zero-order valence-electron chi connectivity index (χ0n) is 9.43. The maximum Gasteiger partial charge on any atom is 0.328 e. The van der Waals surface area contributed by atoms with E-state index in [1.54, 1.807) is 14.2 Å². The molecule has 1 aromatic rings. The van der Waals surface area contributed by atoms with E-state index < -0.39 is 11.2 Å². The molecule has 0 spiro atoms. The molecule has 0 aliphatic rings.